The highest BCUT2D eigenvalue weighted by atomic mass is 28.4. The van der Waals surface area contributed by atoms with Gasteiger partial charge in [0.1, 0.15) is 19.9 Å². The molecule has 0 spiro atoms. The molecule has 1 aromatic carbocycles. The second-order valence-corrected chi connectivity index (χ2v) is 19.2. The Labute approximate surface area is 169 Å². The molecule has 0 aliphatic carbocycles. The summed E-state index contributed by atoms with van der Waals surface area (Å²) in [6, 6.07) is 4.20. The first-order valence-electron chi connectivity index (χ1n) is 9.55. The van der Waals surface area contributed by atoms with Crippen LogP contribution in [0.3, 0.4) is 0 Å². The minimum atomic E-state index is -1.95. The Balaban J connectivity index is 3.33. The number of ether oxygens (including phenoxy) is 1. The Morgan fingerprint density at radius 2 is 1.70 bits per heavy atom. The van der Waals surface area contributed by atoms with Gasteiger partial charge in [0, 0.05) is 6.42 Å². The van der Waals surface area contributed by atoms with Crippen LogP contribution in [-0.2, 0) is 10.8 Å². The summed E-state index contributed by atoms with van der Waals surface area (Å²) in [6.45, 7) is 20.0. The van der Waals surface area contributed by atoms with Crippen LogP contribution < -0.4 is 4.74 Å². The number of aryl methyl sites for hydroxylation is 1. The quantitative estimate of drug-likeness (QED) is 0.459. The minimum absolute atomic E-state index is 0.118. The van der Waals surface area contributed by atoms with Gasteiger partial charge < -0.3 is 9.16 Å². The Morgan fingerprint density at radius 3 is 2.15 bits per heavy atom. The van der Waals surface area contributed by atoms with Gasteiger partial charge in [-0.15, -0.1) is 12.0 Å². The highest BCUT2D eigenvalue weighted by molar-refractivity contribution is 6.83. The highest BCUT2D eigenvalue weighted by Crippen LogP contribution is 2.38. The molecule has 2 nitrogen and oxygen atoms in total. The molecule has 0 fully saturated rings. The van der Waals surface area contributed by atoms with Crippen molar-refractivity contribution < 1.29 is 9.16 Å². The number of hydrogen-bond acceptors (Lipinski definition) is 2. The third-order valence-corrected chi connectivity index (χ3v) is 10.3. The smallest absolute Gasteiger partial charge is 0.193 e. The van der Waals surface area contributed by atoms with Crippen molar-refractivity contribution in [1.82, 2.24) is 0 Å². The third kappa shape index (κ3) is 6.89. The van der Waals surface area contributed by atoms with Crippen LogP contribution in [0.15, 0.2) is 12.1 Å². The van der Waals surface area contributed by atoms with E-state index in [1.165, 1.54) is 0 Å². The first-order valence-corrected chi connectivity index (χ1v) is 16.0. The summed E-state index contributed by atoms with van der Waals surface area (Å²) >= 11 is 0. The molecule has 0 radical (unpaired) electrons. The molecule has 1 aromatic rings. The zero-order chi connectivity index (χ0) is 21.0. The first-order chi connectivity index (χ1) is 12.2. The molecule has 0 bridgehead atoms. The largest absolute Gasteiger partial charge is 0.495 e. The Morgan fingerprint density at radius 1 is 1.11 bits per heavy atom. The predicted octanol–water partition coefficient (Wildman–Crippen LogP) is 5.80. The van der Waals surface area contributed by atoms with E-state index in [-0.39, 0.29) is 11.1 Å². The maximum Gasteiger partial charge on any atom is 0.193 e. The first kappa shape index (κ1) is 23.6. The van der Waals surface area contributed by atoms with E-state index < -0.39 is 16.4 Å². The van der Waals surface area contributed by atoms with E-state index in [0.717, 1.165) is 22.4 Å². The summed E-state index contributed by atoms with van der Waals surface area (Å²) in [7, 11) is -1.75. The lowest BCUT2D eigenvalue weighted by Gasteiger charge is -2.38. The maximum absolute atomic E-state index is 6.49. The average molecular weight is 401 g/mol. The van der Waals surface area contributed by atoms with Crippen molar-refractivity contribution in [2.45, 2.75) is 78.0 Å². The van der Waals surface area contributed by atoms with Crippen molar-refractivity contribution in [3.8, 4) is 29.6 Å². The lowest BCUT2D eigenvalue weighted by molar-refractivity contribution is 0.233. The van der Waals surface area contributed by atoms with Crippen LogP contribution >= 0.6 is 0 Å². The van der Waals surface area contributed by atoms with Crippen molar-refractivity contribution in [2.24, 2.45) is 0 Å². The van der Waals surface area contributed by atoms with E-state index in [1.807, 2.05) is 6.07 Å². The SMILES string of the molecule is C#CC(Cc1cc(C)cc(OC)c1C#C[Si](C)(C)C)O[Si](C)(C)C(C)(C)C. The second kappa shape index (κ2) is 8.69. The maximum atomic E-state index is 6.49. The van der Waals surface area contributed by atoms with E-state index >= 15 is 0 Å². The molecule has 0 N–H and O–H groups in total. The van der Waals surface area contributed by atoms with Gasteiger partial charge in [0.25, 0.3) is 0 Å². The molecule has 0 saturated heterocycles. The van der Waals surface area contributed by atoms with E-state index in [4.69, 9.17) is 15.6 Å². The minimum Gasteiger partial charge on any atom is -0.495 e. The lowest BCUT2D eigenvalue weighted by Crippen LogP contribution is -2.44. The van der Waals surface area contributed by atoms with Crippen molar-refractivity contribution in [1.29, 1.82) is 0 Å². The van der Waals surface area contributed by atoms with Crippen molar-refractivity contribution >= 4 is 16.4 Å². The van der Waals surface area contributed by atoms with Gasteiger partial charge in [-0.05, 0) is 42.2 Å². The van der Waals surface area contributed by atoms with Crippen LogP contribution in [0.5, 0.6) is 5.75 Å². The van der Waals surface area contributed by atoms with Crippen molar-refractivity contribution in [3.63, 3.8) is 0 Å². The molecule has 0 aromatic heterocycles. The van der Waals surface area contributed by atoms with Gasteiger partial charge in [-0.1, -0.05) is 58.3 Å². The van der Waals surface area contributed by atoms with E-state index in [0.29, 0.717) is 6.42 Å². The molecule has 4 heteroatoms. The van der Waals surface area contributed by atoms with Gasteiger partial charge in [0.15, 0.2) is 8.32 Å². The molecular formula is C23H36O2Si2. The molecule has 0 heterocycles. The number of benzene rings is 1. The molecule has 0 aliphatic rings. The van der Waals surface area contributed by atoms with Crippen LogP contribution in [0.2, 0.25) is 37.8 Å². The van der Waals surface area contributed by atoms with E-state index in [9.17, 15) is 0 Å². The molecule has 0 saturated carbocycles. The molecule has 1 atom stereocenters. The number of methoxy groups -OCH3 is 1. The zero-order valence-corrected chi connectivity index (χ0v) is 20.8. The van der Waals surface area contributed by atoms with Crippen LogP contribution in [0.1, 0.15) is 37.5 Å². The monoisotopic (exact) mass is 400 g/mol. The average Bonchev–Trinajstić information content (AvgIpc) is 2.50. The third-order valence-electron chi connectivity index (χ3n) is 4.94. The highest BCUT2D eigenvalue weighted by Gasteiger charge is 2.39. The summed E-state index contributed by atoms with van der Waals surface area (Å²) in [4.78, 5) is 0. The Kier molecular flexibility index (Phi) is 7.59. The van der Waals surface area contributed by atoms with Crippen LogP contribution in [0.25, 0.3) is 0 Å². The summed E-state index contributed by atoms with van der Waals surface area (Å²) in [5.41, 5.74) is 6.66. The summed E-state index contributed by atoms with van der Waals surface area (Å²) < 4.78 is 12.1. The predicted molar refractivity (Wildman–Crippen MR) is 123 cm³/mol. The summed E-state index contributed by atoms with van der Waals surface area (Å²) in [5.74, 6) is 7.08. The molecule has 0 aliphatic heterocycles. The zero-order valence-electron chi connectivity index (χ0n) is 18.8. The molecular weight excluding hydrogens is 364 g/mol. The van der Waals surface area contributed by atoms with Gasteiger partial charge in [-0.25, -0.2) is 0 Å². The van der Waals surface area contributed by atoms with Gasteiger partial charge >= 0.3 is 0 Å². The Bertz CT molecular complexity index is 763. The standard InChI is InChI=1S/C23H36O2Si2/c1-12-20(25-27(10,11)23(3,4)5)17-19-15-18(2)16-22(24-6)21(19)13-14-26(7,8)9/h1,15-16,20H,17H2,2-11H3. The fourth-order valence-electron chi connectivity index (χ4n) is 2.41. The number of hydrogen-bond donors (Lipinski definition) is 0. The van der Waals surface area contributed by atoms with E-state index in [1.54, 1.807) is 7.11 Å². The van der Waals surface area contributed by atoms with Crippen molar-refractivity contribution in [2.75, 3.05) is 7.11 Å². The fraction of sp³-hybridized carbons (Fsp3) is 0.565. The van der Waals surface area contributed by atoms with Crippen molar-refractivity contribution in [3.05, 3.63) is 28.8 Å². The van der Waals surface area contributed by atoms with E-state index in [2.05, 4.69) is 83.9 Å². The number of rotatable bonds is 5. The summed E-state index contributed by atoms with van der Waals surface area (Å²) in [5, 5.41) is 0.118. The van der Waals surface area contributed by atoms with Crippen LogP contribution in [0.4, 0.5) is 0 Å². The molecule has 148 valence electrons. The lowest BCUT2D eigenvalue weighted by atomic mass is 9.98. The molecule has 1 unspecified atom stereocenters. The normalized spacial score (nSPS) is 13.4. The van der Waals surface area contributed by atoms with Gasteiger partial charge in [-0.2, -0.15) is 0 Å². The van der Waals surface area contributed by atoms with Gasteiger partial charge in [0.05, 0.1) is 12.7 Å². The summed E-state index contributed by atoms with van der Waals surface area (Å²) in [6.07, 6.45) is 6.25. The second-order valence-electron chi connectivity index (χ2n) is 9.74. The molecule has 27 heavy (non-hydrogen) atoms. The molecule has 1 rings (SSSR count). The fourth-order valence-corrected chi connectivity index (χ4v) is 4.12. The Hall–Kier alpha value is -1.47. The van der Waals surface area contributed by atoms with Crippen LogP contribution in [-0.4, -0.2) is 29.6 Å². The number of terminal acetylenes is 1. The van der Waals surface area contributed by atoms with Gasteiger partial charge in [0.2, 0.25) is 0 Å². The molecule has 0 amide bonds. The van der Waals surface area contributed by atoms with Crippen LogP contribution in [0, 0.1) is 30.7 Å². The van der Waals surface area contributed by atoms with Gasteiger partial charge in [-0.3, -0.25) is 0 Å². The topological polar surface area (TPSA) is 18.5 Å².